The molecule has 3 rings (SSSR count). The minimum atomic E-state index is 0.637. The van der Waals surface area contributed by atoms with E-state index in [1.54, 1.807) is 0 Å². The van der Waals surface area contributed by atoms with E-state index in [0.29, 0.717) is 5.92 Å². The molecule has 3 nitrogen and oxygen atoms in total. The first-order valence-electron chi connectivity index (χ1n) is 11.1. The predicted molar refractivity (Wildman–Crippen MR) is 115 cm³/mol. The SMILES string of the molecule is CCCCCc1ccc(-c2ccc(CCC3CCC(CC#N)CC3)nn2)cc1. The lowest BCUT2D eigenvalue weighted by Crippen LogP contribution is -2.15. The van der Waals surface area contributed by atoms with Gasteiger partial charge in [0.15, 0.2) is 0 Å². The molecule has 1 aliphatic rings. The molecule has 1 heterocycles. The van der Waals surface area contributed by atoms with Crippen molar-refractivity contribution in [3.8, 4) is 17.3 Å². The van der Waals surface area contributed by atoms with Gasteiger partial charge in [0.05, 0.1) is 17.5 Å². The molecule has 0 bridgehead atoms. The van der Waals surface area contributed by atoms with Crippen molar-refractivity contribution in [2.45, 2.75) is 77.6 Å². The van der Waals surface area contributed by atoms with E-state index in [4.69, 9.17) is 5.26 Å². The minimum absolute atomic E-state index is 0.637. The van der Waals surface area contributed by atoms with E-state index >= 15 is 0 Å². The molecule has 0 N–H and O–H groups in total. The molecule has 0 aliphatic heterocycles. The molecule has 1 fully saturated rings. The van der Waals surface area contributed by atoms with Crippen molar-refractivity contribution in [1.29, 1.82) is 5.26 Å². The first kappa shape index (κ1) is 20.5. The predicted octanol–water partition coefficient (Wildman–Crippen LogP) is 6.53. The highest BCUT2D eigenvalue weighted by Crippen LogP contribution is 2.33. The molecule has 0 saturated heterocycles. The van der Waals surface area contributed by atoms with Crippen LogP contribution in [-0.4, -0.2) is 10.2 Å². The Balaban J connectivity index is 1.46. The lowest BCUT2D eigenvalue weighted by Gasteiger charge is -2.26. The summed E-state index contributed by atoms with van der Waals surface area (Å²) in [5.41, 5.74) is 4.61. The van der Waals surface area contributed by atoms with Crippen molar-refractivity contribution in [3.63, 3.8) is 0 Å². The van der Waals surface area contributed by atoms with Crippen LogP contribution in [0, 0.1) is 23.2 Å². The van der Waals surface area contributed by atoms with E-state index in [0.717, 1.165) is 42.1 Å². The lowest BCUT2D eigenvalue weighted by atomic mass is 9.79. The number of hydrogen-bond acceptors (Lipinski definition) is 3. The van der Waals surface area contributed by atoms with E-state index in [1.165, 1.54) is 56.9 Å². The molecule has 0 amide bonds. The fourth-order valence-electron chi connectivity index (χ4n) is 4.27. The van der Waals surface area contributed by atoms with Crippen molar-refractivity contribution in [2.75, 3.05) is 0 Å². The number of rotatable bonds is 9. The smallest absolute Gasteiger partial charge is 0.0929 e. The third-order valence-electron chi connectivity index (χ3n) is 6.19. The minimum Gasteiger partial charge on any atom is -0.198 e. The van der Waals surface area contributed by atoms with Gasteiger partial charge >= 0.3 is 0 Å². The van der Waals surface area contributed by atoms with Crippen molar-refractivity contribution in [2.24, 2.45) is 11.8 Å². The Kier molecular flexibility index (Phi) is 8.03. The van der Waals surface area contributed by atoms with E-state index < -0.39 is 0 Å². The molecule has 148 valence electrons. The van der Waals surface area contributed by atoms with Gasteiger partial charge in [0.2, 0.25) is 0 Å². The zero-order valence-corrected chi connectivity index (χ0v) is 17.2. The maximum Gasteiger partial charge on any atom is 0.0929 e. The third kappa shape index (κ3) is 6.16. The van der Waals surface area contributed by atoms with Gasteiger partial charge in [-0.3, -0.25) is 0 Å². The fraction of sp³-hybridized carbons (Fsp3) is 0.560. The summed E-state index contributed by atoms with van der Waals surface area (Å²) in [5, 5.41) is 17.8. The van der Waals surface area contributed by atoms with Crippen LogP contribution in [0.15, 0.2) is 36.4 Å². The Morgan fingerprint density at radius 2 is 1.64 bits per heavy atom. The molecule has 0 atom stereocenters. The van der Waals surface area contributed by atoms with Gasteiger partial charge in [0.1, 0.15) is 0 Å². The van der Waals surface area contributed by atoms with Crippen LogP contribution in [0.3, 0.4) is 0 Å². The summed E-state index contributed by atoms with van der Waals surface area (Å²) < 4.78 is 0. The molecule has 0 unspecified atom stereocenters. The summed E-state index contributed by atoms with van der Waals surface area (Å²) in [4.78, 5) is 0. The Morgan fingerprint density at radius 3 is 2.29 bits per heavy atom. The number of benzene rings is 1. The maximum absolute atomic E-state index is 8.83. The first-order valence-corrected chi connectivity index (χ1v) is 11.1. The Bertz CT molecular complexity index is 735. The maximum atomic E-state index is 8.83. The Labute approximate surface area is 170 Å². The number of nitrogens with zero attached hydrogens (tertiary/aromatic N) is 3. The van der Waals surface area contributed by atoms with Crippen LogP contribution < -0.4 is 0 Å². The lowest BCUT2D eigenvalue weighted by molar-refractivity contribution is 0.266. The second-order valence-corrected chi connectivity index (χ2v) is 8.35. The summed E-state index contributed by atoms with van der Waals surface area (Å²) in [6.45, 7) is 2.24. The molecule has 28 heavy (non-hydrogen) atoms. The average molecular weight is 376 g/mol. The van der Waals surface area contributed by atoms with Crippen LogP contribution in [0.2, 0.25) is 0 Å². The van der Waals surface area contributed by atoms with Gasteiger partial charge in [-0.2, -0.15) is 15.5 Å². The van der Waals surface area contributed by atoms with Gasteiger partial charge in [-0.05, 0) is 68.1 Å². The van der Waals surface area contributed by atoms with Gasteiger partial charge in [0, 0.05) is 12.0 Å². The first-order chi connectivity index (χ1) is 13.8. The van der Waals surface area contributed by atoms with Crippen molar-refractivity contribution in [3.05, 3.63) is 47.7 Å². The average Bonchev–Trinajstić information content (AvgIpc) is 2.75. The molecule has 0 radical (unpaired) electrons. The molecule has 1 aliphatic carbocycles. The zero-order valence-electron chi connectivity index (χ0n) is 17.2. The summed E-state index contributed by atoms with van der Waals surface area (Å²) in [6, 6.07) is 15.4. The van der Waals surface area contributed by atoms with Gasteiger partial charge in [-0.15, -0.1) is 0 Å². The number of aryl methyl sites for hydroxylation is 2. The summed E-state index contributed by atoms with van der Waals surface area (Å²) in [7, 11) is 0. The van der Waals surface area contributed by atoms with Crippen LogP contribution in [-0.2, 0) is 12.8 Å². The number of aromatic nitrogens is 2. The summed E-state index contributed by atoms with van der Waals surface area (Å²) in [6.07, 6.45) is 12.9. The molecule has 0 spiro atoms. The molecule has 3 heteroatoms. The highest BCUT2D eigenvalue weighted by atomic mass is 15.1. The molecule has 1 aromatic heterocycles. The van der Waals surface area contributed by atoms with E-state index in [9.17, 15) is 0 Å². The van der Waals surface area contributed by atoms with E-state index in [-0.39, 0.29) is 0 Å². The van der Waals surface area contributed by atoms with Crippen LogP contribution in [0.1, 0.15) is 76.0 Å². The van der Waals surface area contributed by atoms with Gasteiger partial charge in [0.25, 0.3) is 0 Å². The number of hydrogen-bond donors (Lipinski definition) is 0. The monoisotopic (exact) mass is 375 g/mol. The highest BCUT2D eigenvalue weighted by molar-refractivity contribution is 5.58. The van der Waals surface area contributed by atoms with Crippen LogP contribution in [0.4, 0.5) is 0 Å². The fourth-order valence-corrected chi connectivity index (χ4v) is 4.27. The Morgan fingerprint density at radius 1 is 0.893 bits per heavy atom. The van der Waals surface area contributed by atoms with Crippen molar-refractivity contribution < 1.29 is 0 Å². The normalized spacial score (nSPS) is 19.3. The van der Waals surface area contributed by atoms with Crippen molar-refractivity contribution >= 4 is 0 Å². The molecular weight excluding hydrogens is 342 g/mol. The third-order valence-corrected chi connectivity index (χ3v) is 6.19. The van der Waals surface area contributed by atoms with Gasteiger partial charge < -0.3 is 0 Å². The zero-order chi connectivity index (χ0) is 19.6. The molecule has 1 aromatic carbocycles. The second kappa shape index (κ2) is 11.0. The highest BCUT2D eigenvalue weighted by Gasteiger charge is 2.20. The molecular formula is C25H33N3. The van der Waals surface area contributed by atoms with E-state index in [1.807, 2.05) is 0 Å². The van der Waals surface area contributed by atoms with Crippen LogP contribution in [0.25, 0.3) is 11.3 Å². The summed E-state index contributed by atoms with van der Waals surface area (Å²) >= 11 is 0. The van der Waals surface area contributed by atoms with Gasteiger partial charge in [-0.1, -0.05) is 56.9 Å². The van der Waals surface area contributed by atoms with Crippen LogP contribution in [0.5, 0.6) is 0 Å². The number of nitriles is 1. The Hall–Kier alpha value is -2.21. The van der Waals surface area contributed by atoms with Crippen molar-refractivity contribution in [1.82, 2.24) is 10.2 Å². The molecule has 2 aromatic rings. The topological polar surface area (TPSA) is 49.6 Å². The largest absolute Gasteiger partial charge is 0.198 e. The second-order valence-electron chi connectivity index (χ2n) is 8.35. The van der Waals surface area contributed by atoms with Gasteiger partial charge in [-0.25, -0.2) is 0 Å². The van der Waals surface area contributed by atoms with E-state index in [2.05, 4.69) is 59.6 Å². The van der Waals surface area contributed by atoms with Crippen LogP contribution >= 0.6 is 0 Å². The standard InChI is InChI=1S/C25H33N3/c1-2-3-4-5-20-10-13-23(14-11-20)25-17-16-24(27-28-25)15-12-21-6-8-22(9-7-21)18-19-26/h10-11,13-14,16-17,21-22H,2-9,12,15,18H2,1H3. The molecule has 1 saturated carbocycles. The summed E-state index contributed by atoms with van der Waals surface area (Å²) in [5.74, 6) is 1.43. The number of unbranched alkanes of at least 4 members (excludes halogenated alkanes) is 2. The quantitative estimate of drug-likeness (QED) is 0.468.